The van der Waals surface area contributed by atoms with Crippen LogP contribution in [-0.4, -0.2) is 29.6 Å². The van der Waals surface area contributed by atoms with E-state index in [9.17, 15) is 12.8 Å². The van der Waals surface area contributed by atoms with Gasteiger partial charge in [0.1, 0.15) is 5.82 Å². The summed E-state index contributed by atoms with van der Waals surface area (Å²) in [7, 11) is -3.68. The molecule has 6 nitrogen and oxygen atoms in total. The second-order valence-corrected chi connectivity index (χ2v) is 9.53. The van der Waals surface area contributed by atoms with Crippen LogP contribution in [0, 0.1) is 5.82 Å². The Morgan fingerprint density at radius 2 is 1.77 bits per heavy atom. The summed E-state index contributed by atoms with van der Waals surface area (Å²) in [6.45, 7) is 0.201. The number of fused-ring (bicyclic) bond motifs is 2. The Labute approximate surface area is 182 Å². The smallest absolute Gasteiger partial charge is 0.211 e. The summed E-state index contributed by atoms with van der Waals surface area (Å²) in [6.07, 6.45) is 0.421. The van der Waals surface area contributed by atoms with Crippen LogP contribution >= 0.6 is 11.3 Å². The van der Waals surface area contributed by atoms with Crippen molar-refractivity contribution in [3.63, 3.8) is 0 Å². The predicted molar refractivity (Wildman–Crippen MR) is 119 cm³/mol. The van der Waals surface area contributed by atoms with Crippen molar-refractivity contribution in [2.24, 2.45) is 0 Å². The first-order valence-electron chi connectivity index (χ1n) is 9.58. The largest absolute Gasteiger partial charge is 0.241 e. The maximum Gasteiger partial charge on any atom is 0.241 e. The topological polar surface area (TPSA) is 76.4 Å². The second-order valence-electron chi connectivity index (χ2n) is 6.96. The lowest BCUT2D eigenvalue weighted by Crippen LogP contribution is -2.26. The maximum absolute atomic E-state index is 14.1. The fraction of sp³-hybridized carbons (Fsp3) is 0.0909. The Morgan fingerprint density at radius 1 is 1.00 bits per heavy atom. The summed E-state index contributed by atoms with van der Waals surface area (Å²) in [6, 6.07) is 18.9. The number of rotatable bonds is 6. The Bertz CT molecular complexity index is 1500. The summed E-state index contributed by atoms with van der Waals surface area (Å²) in [5.41, 5.74) is 1.14. The quantitative estimate of drug-likeness (QED) is 0.417. The zero-order chi connectivity index (χ0) is 21.4. The van der Waals surface area contributed by atoms with Crippen molar-refractivity contribution in [3.8, 4) is 11.4 Å². The summed E-state index contributed by atoms with van der Waals surface area (Å²) in [5, 5.41) is 7.85. The third kappa shape index (κ3) is 3.71. The number of halogens is 1. The summed E-state index contributed by atoms with van der Waals surface area (Å²) < 4.78 is 44.1. The van der Waals surface area contributed by atoms with Crippen LogP contribution in [0.5, 0.6) is 0 Å². The Hall–Kier alpha value is -3.14. The molecule has 0 aliphatic heterocycles. The molecule has 5 aromatic rings. The van der Waals surface area contributed by atoms with Crippen LogP contribution in [0.2, 0.25) is 0 Å². The predicted octanol–water partition coefficient (Wildman–Crippen LogP) is 4.27. The van der Waals surface area contributed by atoms with Crippen LogP contribution in [0.3, 0.4) is 0 Å². The number of hydrogen-bond acceptors (Lipinski definition) is 5. The van der Waals surface area contributed by atoms with Gasteiger partial charge in [0.05, 0.1) is 16.2 Å². The fourth-order valence-electron chi connectivity index (χ4n) is 3.47. The van der Waals surface area contributed by atoms with Crippen LogP contribution in [0.15, 0.2) is 77.0 Å². The molecule has 2 heterocycles. The second kappa shape index (κ2) is 7.84. The van der Waals surface area contributed by atoms with E-state index >= 15 is 0 Å². The lowest BCUT2D eigenvalue weighted by molar-refractivity contribution is 0.582. The standard InChI is InChI=1S/C22H17FN4O2S2/c23-19-10-4-3-9-18(19)21-25-22-27(26-21)16(14-30-22)12-13-24-31(28,29)20-11-5-7-15-6-1-2-8-17(15)20/h1-11,14,24H,12-13H2. The van der Waals surface area contributed by atoms with Gasteiger partial charge in [0, 0.05) is 23.7 Å². The highest BCUT2D eigenvalue weighted by Gasteiger charge is 2.18. The average molecular weight is 453 g/mol. The SMILES string of the molecule is O=S(=O)(NCCc1csc2nc(-c3ccccc3F)nn12)c1cccc2ccccc12. The molecule has 0 aliphatic rings. The van der Waals surface area contributed by atoms with Gasteiger partial charge in [-0.05, 0) is 23.6 Å². The first-order chi connectivity index (χ1) is 15.0. The van der Waals surface area contributed by atoms with Crippen molar-refractivity contribution in [1.82, 2.24) is 19.3 Å². The highest BCUT2D eigenvalue weighted by molar-refractivity contribution is 7.89. The molecule has 156 valence electrons. The number of benzene rings is 3. The van der Waals surface area contributed by atoms with Gasteiger partial charge in [-0.15, -0.1) is 16.4 Å². The summed E-state index contributed by atoms with van der Waals surface area (Å²) >= 11 is 1.38. The molecule has 0 fully saturated rings. The molecule has 9 heteroatoms. The van der Waals surface area contributed by atoms with Gasteiger partial charge in [-0.1, -0.05) is 48.5 Å². The van der Waals surface area contributed by atoms with Gasteiger partial charge in [0.15, 0.2) is 5.82 Å². The first kappa shape index (κ1) is 19.8. The molecule has 0 aliphatic carbocycles. The minimum atomic E-state index is -3.68. The molecule has 0 amide bonds. The van der Waals surface area contributed by atoms with Crippen LogP contribution in [0.1, 0.15) is 5.69 Å². The molecular weight excluding hydrogens is 435 g/mol. The van der Waals surface area contributed by atoms with E-state index in [1.54, 1.807) is 40.9 Å². The van der Waals surface area contributed by atoms with Gasteiger partial charge >= 0.3 is 0 Å². The molecule has 0 saturated carbocycles. The molecule has 0 bridgehead atoms. The van der Waals surface area contributed by atoms with Crippen molar-refractivity contribution in [2.45, 2.75) is 11.3 Å². The van der Waals surface area contributed by atoms with Crippen LogP contribution in [0.4, 0.5) is 4.39 Å². The number of aromatic nitrogens is 3. The summed E-state index contributed by atoms with van der Waals surface area (Å²) in [4.78, 5) is 5.28. The number of nitrogens with zero attached hydrogens (tertiary/aromatic N) is 3. The molecule has 0 unspecified atom stereocenters. The van der Waals surface area contributed by atoms with E-state index in [0.717, 1.165) is 11.1 Å². The summed E-state index contributed by atoms with van der Waals surface area (Å²) in [5.74, 6) is -0.0762. The highest BCUT2D eigenvalue weighted by atomic mass is 32.2. The third-order valence-electron chi connectivity index (χ3n) is 4.98. The minimum absolute atomic E-state index is 0.201. The molecule has 3 aromatic carbocycles. The van der Waals surface area contributed by atoms with Crippen molar-refractivity contribution < 1.29 is 12.8 Å². The normalized spacial score (nSPS) is 12.0. The average Bonchev–Trinajstić information content (AvgIpc) is 3.35. The van der Waals surface area contributed by atoms with Crippen LogP contribution in [-0.2, 0) is 16.4 Å². The molecule has 2 aromatic heterocycles. The van der Waals surface area contributed by atoms with E-state index in [-0.39, 0.29) is 17.3 Å². The number of nitrogens with one attached hydrogen (secondary N) is 1. The van der Waals surface area contributed by atoms with E-state index in [0.29, 0.717) is 28.2 Å². The Kier molecular flexibility index (Phi) is 5.01. The molecule has 0 atom stereocenters. The third-order valence-corrected chi connectivity index (χ3v) is 7.36. The molecule has 0 spiro atoms. The lowest BCUT2D eigenvalue weighted by atomic mass is 10.1. The molecule has 0 radical (unpaired) electrons. The highest BCUT2D eigenvalue weighted by Crippen LogP contribution is 2.24. The van der Waals surface area contributed by atoms with Crippen LogP contribution in [0.25, 0.3) is 27.1 Å². The molecule has 0 saturated heterocycles. The van der Waals surface area contributed by atoms with Crippen molar-refractivity contribution in [1.29, 1.82) is 0 Å². The van der Waals surface area contributed by atoms with E-state index in [2.05, 4.69) is 14.8 Å². The van der Waals surface area contributed by atoms with E-state index < -0.39 is 10.0 Å². The first-order valence-corrected chi connectivity index (χ1v) is 11.9. The van der Waals surface area contributed by atoms with Gasteiger partial charge in [-0.3, -0.25) is 0 Å². The van der Waals surface area contributed by atoms with Gasteiger partial charge < -0.3 is 0 Å². The number of sulfonamides is 1. The zero-order valence-electron chi connectivity index (χ0n) is 16.2. The lowest BCUT2D eigenvalue weighted by Gasteiger charge is -2.09. The number of thiazole rings is 1. The van der Waals surface area contributed by atoms with E-state index in [1.165, 1.54) is 17.4 Å². The number of hydrogen-bond donors (Lipinski definition) is 1. The maximum atomic E-state index is 14.1. The zero-order valence-corrected chi connectivity index (χ0v) is 17.8. The van der Waals surface area contributed by atoms with Gasteiger partial charge in [0.25, 0.3) is 0 Å². The van der Waals surface area contributed by atoms with Crippen molar-refractivity contribution in [2.75, 3.05) is 6.54 Å². The molecular formula is C22H17FN4O2S2. The van der Waals surface area contributed by atoms with Crippen molar-refractivity contribution in [3.05, 3.63) is 83.6 Å². The van der Waals surface area contributed by atoms with E-state index in [1.807, 2.05) is 29.6 Å². The minimum Gasteiger partial charge on any atom is -0.211 e. The van der Waals surface area contributed by atoms with Gasteiger partial charge in [-0.25, -0.2) is 22.0 Å². The van der Waals surface area contributed by atoms with Gasteiger partial charge in [0.2, 0.25) is 15.0 Å². The van der Waals surface area contributed by atoms with Gasteiger partial charge in [-0.2, -0.15) is 4.98 Å². The molecule has 31 heavy (non-hydrogen) atoms. The van der Waals surface area contributed by atoms with Crippen molar-refractivity contribution >= 4 is 37.1 Å². The molecule has 5 rings (SSSR count). The molecule has 1 N–H and O–H groups in total. The fourth-order valence-corrected chi connectivity index (χ4v) is 5.59. The monoisotopic (exact) mass is 452 g/mol. The Balaban J connectivity index is 1.36. The van der Waals surface area contributed by atoms with E-state index in [4.69, 9.17) is 0 Å². The Morgan fingerprint density at radius 3 is 2.65 bits per heavy atom. The van der Waals surface area contributed by atoms with Crippen LogP contribution < -0.4 is 4.72 Å².